The monoisotopic (exact) mass is 193 g/mol. The summed E-state index contributed by atoms with van der Waals surface area (Å²) in [6.07, 6.45) is 1.83. The average Bonchev–Trinajstić information content (AvgIpc) is 2.23. The molecule has 4 nitrogen and oxygen atoms in total. The summed E-state index contributed by atoms with van der Waals surface area (Å²) in [6.45, 7) is 2.38. The first-order valence-electron chi connectivity index (χ1n) is 4.99. The highest BCUT2D eigenvalue weighted by molar-refractivity contribution is 5.46. The third-order valence-electron chi connectivity index (χ3n) is 2.53. The highest BCUT2D eigenvalue weighted by atomic mass is 16.1. The van der Waals surface area contributed by atoms with Crippen molar-refractivity contribution >= 4 is 5.82 Å². The minimum atomic E-state index is 0.0768. The van der Waals surface area contributed by atoms with Crippen LogP contribution in [0.2, 0.25) is 0 Å². The first-order valence-corrected chi connectivity index (χ1v) is 4.99. The van der Waals surface area contributed by atoms with Crippen molar-refractivity contribution in [3.8, 4) is 0 Å². The number of hydrogen-bond donors (Lipinski definition) is 2. The lowest BCUT2D eigenvalue weighted by molar-refractivity contribution is 0.604. The van der Waals surface area contributed by atoms with E-state index in [1.54, 1.807) is 10.6 Å². The fourth-order valence-corrected chi connectivity index (χ4v) is 1.86. The van der Waals surface area contributed by atoms with E-state index in [1.807, 2.05) is 6.07 Å². The van der Waals surface area contributed by atoms with E-state index >= 15 is 0 Å². The molecule has 0 saturated heterocycles. The van der Waals surface area contributed by atoms with E-state index in [-0.39, 0.29) is 5.56 Å². The van der Waals surface area contributed by atoms with E-state index in [0.29, 0.717) is 6.54 Å². The van der Waals surface area contributed by atoms with Crippen LogP contribution in [-0.4, -0.2) is 17.7 Å². The molecule has 0 fully saturated rings. The first kappa shape index (κ1) is 9.27. The topological polar surface area (TPSA) is 60.1 Å². The molecule has 3 N–H and O–H groups in total. The zero-order valence-electron chi connectivity index (χ0n) is 8.12. The Morgan fingerprint density at radius 1 is 1.50 bits per heavy atom. The van der Waals surface area contributed by atoms with Crippen molar-refractivity contribution in [2.75, 3.05) is 18.4 Å². The summed E-state index contributed by atoms with van der Waals surface area (Å²) in [5.74, 6) is 0.967. The van der Waals surface area contributed by atoms with Crippen LogP contribution in [0.5, 0.6) is 0 Å². The number of anilines is 1. The number of nitrogens with zero attached hydrogens (tertiary/aromatic N) is 1. The molecule has 1 aliphatic heterocycles. The molecule has 0 aromatic carbocycles. The molecule has 4 heteroatoms. The molecule has 0 aliphatic carbocycles. The van der Waals surface area contributed by atoms with Gasteiger partial charge < -0.3 is 11.1 Å². The second-order valence-electron chi connectivity index (χ2n) is 3.52. The van der Waals surface area contributed by atoms with Gasteiger partial charge in [-0.05, 0) is 31.0 Å². The number of hydrogen-bond acceptors (Lipinski definition) is 3. The molecule has 2 heterocycles. The van der Waals surface area contributed by atoms with Crippen molar-refractivity contribution in [3.63, 3.8) is 0 Å². The van der Waals surface area contributed by atoms with Crippen LogP contribution in [-0.2, 0) is 13.0 Å². The molecule has 0 bridgehead atoms. The van der Waals surface area contributed by atoms with Gasteiger partial charge in [-0.15, -0.1) is 0 Å². The van der Waals surface area contributed by atoms with Crippen LogP contribution < -0.4 is 16.6 Å². The van der Waals surface area contributed by atoms with E-state index in [0.717, 1.165) is 37.3 Å². The lowest BCUT2D eigenvalue weighted by atomic mass is 10.1. The second-order valence-corrected chi connectivity index (χ2v) is 3.52. The quantitative estimate of drug-likeness (QED) is 0.703. The van der Waals surface area contributed by atoms with Crippen LogP contribution in [0.15, 0.2) is 16.9 Å². The Bertz CT molecular complexity index is 383. The Kier molecular flexibility index (Phi) is 2.54. The van der Waals surface area contributed by atoms with E-state index in [2.05, 4.69) is 5.32 Å². The lowest BCUT2D eigenvalue weighted by Crippen LogP contribution is -2.29. The predicted octanol–water partition coefficient (Wildman–Crippen LogP) is 0.165. The molecule has 76 valence electrons. The molecule has 0 unspecified atom stereocenters. The van der Waals surface area contributed by atoms with Crippen molar-refractivity contribution in [2.24, 2.45) is 5.73 Å². The lowest BCUT2D eigenvalue weighted by Gasteiger charge is -2.22. The Balaban J connectivity index is 2.48. The van der Waals surface area contributed by atoms with Crippen molar-refractivity contribution in [2.45, 2.75) is 19.4 Å². The Labute approximate surface area is 82.7 Å². The van der Waals surface area contributed by atoms with E-state index in [4.69, 9.17) is 5.73 Å². The summed E-state index contributed by atoms with van der Waals surface area (Å²) in [6, 6.07) is 3.50. The number of pyridine rings is 1. The minimum Gasteiger partial charge on any atom is -0.371 e. The van der Waals surface area contributed by atoms with Crippen LogP contribution in [0.1, 0.15) is 12.0 Å². The normalized spacial score (nSPS) is 14.6. The van der Waals surface area contributed by atoms with Crippen LogP contribution in [0.25, 0.3) is 0 Å². The number of nitrogens with one attached hydrogen (secondary N) is 1. The van der Waals surface area contributed by atoms with Gasteiger partial charge in [-0.3, -0.25) is 9.36 Å². The van der Waals surface area contributed by atoms with E-state index < -0.39 is 0 Å². The molecule has 0 spiro atoms. The summed E-state index contributed by atoms with van der Waals surface area (Å²) in [5, 5.41) is 3.26. The largest absolute Gasteiger partial charge is 0.371 e. The standard InChI is InChI=1S/C10H15N3O/c11-5-4-8-2-3-9(14)13-7-1-6-12-10(8)13/h2-3,12H,1,4-7,11H2. The molecule has 0 atom stereocenters. The number of fused-ring (bicyclic) bond motifs is 1. The Morgan fingerprint density at radius 2 is 2.36 bits per heavy atom. The summed E-state index contributed by atoms with van der Waals surface area (Å²) < 4.78 is 1.80. The maximum Gasteiger partial charge on any atom is 0.252 e. The average molecular weight is 193 g/mol. The van der Waals surface area contributed by atoms with Crippen LogP contribution in [0.3, 0.4) is 0 Å². The Hall–Kier alpha value is -1.29. The fourth-order valence-electron chi connectivity index (χ4n) is 1.86. The molecule has 1 aliphatic rings. The SMILES string of the molecule is NCCc1ccc(=O)n2c1NCCC2. The molecule has 1 aromatic rings. The second kappa shape index (κ2) is 3.84. The summed E-state index contributed by atoms with van der Waals surface area (Å²) in [4.78, 5) is 11.5. The third-order valence-corrected chi connectivity index (χ3v) is 2.53. The summed E-state index contributed by atoms with van der Waals surface area (Å²) in [5.41, 5.74) is 6.74. The van der Waals surface area contributed by atoms with Gasteiger partial charge in [-0.2, -0.15) is 0 Å². The molecule has 14 heavy (non-hydrogen) atoms. The molecule has 1 aromatic heterocycles. The zero-order valence-corrected chi connectivity index (χ0v) is 8.12. The van der Waals surface area contributed by atoms with Gasteiger partial charge in [0.15, 0.2) is 0 Å². The molecule has 0 saturated carbocycles. The third kappa shape index (κ3) is 1.53. The van der Waals surface area contributed by atoms with Gasteiger partial charge in [-0.25, -0.2) is 0 Å². The highest BCUT2D eigenvalue weighted by Crippen LogP contribution is 2.17. The van der Waals surface area contributed by atoms with Crippen molar-refractivity contribution in [3.05, 3.63) is 28.0 Å². The smallest absolute Gasteiger partial charge is 0.252 e. The van der Waals surface area contributed by atoms with Gasteiger partial charge in [0.05, 0.1) is 0 Å². The molecule has 2 rings (SSSR count). The van der Waals surface area contributed by atoms with Crippen molar-refractivity contribution in [1.82, 2.24) is 4.57 Å². The summed E-state index contributed by atoms with van der Waals surface area (Å²) >= 11 is 0. The fraction of sp³-hybridized carbons (Fsp3) is 0.500. The van der Waals surface area contributed by atoms with Gasteiger partial charge in [0.1, 0.15) is 5.82 Å². The van der Waals surface area contributed by atoms with Crippen LogP contribution in [0.4, 0.5) is 5.82 Å². The molecular formula is C10H15N3O. The number of nitrogens with two attached hydrogens (primary N) is 1. The van der Waals surface area contributed by atoms with E-state index in [1.165, 1.54) is 0 Å². The van der Waals surface area contributed by atoms with Crippen LogP contribution in [0, 0.1) is 0 Å². The maximum atomic E-state index is 11.5. The van der Waals surface area contributed by atoms with Gasteiger partial charge in [0.25, 0.3) is 5.56 Å². The van der Waals surface area contributed by atoms with Crippen LogP contribution >= 0.6 is 0 Å². The molecule has 0 amide bonds. The molecular weight excluding hydrogens is 178 g/mol. The van der Waals surface area contributed by atoms with Gasteiger partial charge in [-0.1, -0.05) is 0 Å². The van der Waals surface area contributed by atoms with Crippen molar-refractivity contribution < 1.29 is 0 Å². The number of aromatic nitrogens is 1. The molecule has 0 radical (unpaired) electrons. The Morgan fingerprint density at radius 3 is 3.14 bits per heavy atom. The first-order chi connectivity index (χ1) is 6.83. The highest BCUT2D eigenvalue weighted by Gasteiger charge is 2.12. The number of rotatable bonds is 2. The predicted molar refractivity (Wildman–Crippen MR) is 56.6 cm³/mol. The zero-order chi connectivity index (χ0) is 9.97. The van der Waals surface area contributed by atoms with E-state index in [9.17, 15) is 4.79 Å². The maximum absolute atomic E-state index is 11.5. The minimum absolute atomic E-state index is 0.0768. The van der Waals surface area contributed by atoms with Gasteiger partial charge >= 0.3 is 0 Å². The van der Waals surface area contributed by atoms with Crippen molar-refractivity contribution in [1.29, 1.82) is 0 Å². The van der Waals surface area contributed by atoms with Gasteiger partial charge in [0.2, 0.25) is 0 Å². The van der Waals surface area contributed by atoms with Gasteiger partial charge in [0, 0.05) is 19.2 Å². The summed E-state index contributed by atoms with van der Waals surface area (Å²) in [7, 11) is 0.